The summed E-state index contributed by atoms with van der Waals surface area (Å²) in [7, 11) is 0. The number of alkyl carbamates (subject to hydrolysis) is 1. The molecule has 1 aromatic carbocycles. The number of nitrogens with one attached hydrogen (secondary N) is 4. The predicted molar refractivity (Wildman–Crippen MR) is 126 cm³/mol. The number of ether oxygens (including phenoxy) is 1. The number of carbonyl (C=O) groups excluding carboxylic acids is 3. The van der Waals surface area contributed by atoms with Gasteiger partial charge in [-0.25, -0.2) is 4.79 Å². The Labute approximate surface area is 192 Å². The number of carbonyl (C=O) groups is 3. The highest BCUT2D eigenvalue weighted by Gasteiger charge is 2.26. The van der Waals surface area contributed by atoms with Crippen LogP contribution in [-0.4, -0.2) is 54.7 Å². The Hall–Kier alpha value is -2.61. The molecule has 8 nitrogen and oxygen atoms in total. The van der Waals surface area contributed by atoms with Gasteiger partial charge in [0.1, 0.15) is 11.6 Å². The average molecular weight is 449 g/mol. The zero-order chi connectivity index (χ0) is 24.3. The van der Waals surface area contributed by atoms with Crippen molar-refractivity contribution in [2.45, 2.75) is 78.6 Å². The highest BCUT2D eigenvalue weighted by molar-refractivity contribution is 5.89. The van der Waals surface area contributed by atoms with Gasteiger partial charge in [0.15, 0.2) is 0 Å². The minimum absolute atomic E-state index is 0.0441. The zero-order valence-electron chi connectivity index (χ0n) is 20.5. The normalized spacial score (nSPS) is 14.2. The van der Waals surface area contributed by atoms with Gasteiger partial charge in [-0.3, -0.25) is 9.59 Å². The maximum atomic E-state index is 12.7. The Morgan fingerprint density at radius 2 is 1.59 bits per heavy atom. The third-order valence-electron chi connectivity index (χ3n) is 4.71. The van der Waals surface area contributed by atoms with E-state index in [9.17, 15) is 14.4 Å². The van der Waals surface area contributed by atoms with Crippen LogP contribution >= 0.6 is 0 Å². The van der Waals surface area contributed by atoms with Crippen LogP contribution in [0.1, 0.15) is 54.0 Å². The van der Waals surface area contributed by atoms with Gasteiger partial charge in [0.2, 0.25) is 11.8 Å². The van der Waals surface area contributed by atoms with Gasteiger partial charge < -0.3 is 26.0 Å². The molecule has 0 saturated carbocycles. The number of amides is 3. The van der Waals surface area contributed by atoms with E-state index in [2.05, 4.69) is 21.3 Å². The standard InChI is InChI=1S/C24H40N4O4/c1-8-25-22(30)20(16(2)3)28-21(29)17(4)26-15-19(14-18-12-10-9-11-13-18)27-23(31)32-24(5,6)7/h9-13,16-17,19-20,26H,8,14-15H2,1-7H3,(H,25,30)(H,27,31)(H,28,29)/t17-,19-,20-/m0/s1. The molecule has 0 aliphatic heterocycles. The molecule has 0 unspecified atom stereocenters. The Kier molecular flexibility index (Phi) is 11.2. The molecule has 4 N–H and O–H groups in total. The molecule has 1 aromatic rings. The van der Waals surface area contributed by atoms with Crippen LogP contribution in [0.4, 0.5) is 4.79 Å². The van der Waals surface area contributed by atoms with Crippen LogP contribution in [0, 0.1) is 5.92 Å². The first-order valence-electron chi connectivity index (χ1n) is 11.3. The number of hydrogen-bond acceptors (Lipinski definition) is 5. The van der Waals surface area contributed by atoms with Gasteiger partial charge >= 0.3 is 6.09 Å². The van der Waals surface area contributed by atoms with Crippen LogP contribution in [0.3, 0.4) is 0 Å². The van der Waals surface area contributed by atoms with Crippen LogP contribution in [0.25, 0.3) is 0 Å². The van der Waals surface area contributed by atoms with Gasteiger partial charge in [0, 0.05) is 19.1 Å². The summed E-state index contributed by atoms with van der Waals surface area (Å²) < 4.78 is 5.39. The first kappa shape index (κ1) is 27.4. The fourth-order valence-electron chi connectivity index (χ4n) is 3.06. The van der Waals surface area contributed by atoms with E-state index in [-0.39, 0.29) is 23.8 Å². The summed E-state index contributed by atoms with van der Waals surface area (Å²) in [5, 5.41) is 11.6. The second-order valence-electron chi connectivity index (χ2n) is 9.29. The summed E-state index contributed by atoms with van der Waals surface area (Å²) in [6.45, 7) is 13.6. The van der Waals surface area contributed by atoms with E-state index in [1.807, 2.05) is 71.9 Å². The second kappa shape index (κ2) is 13.1. The number of likely N-dealkylation sites (N-methyl/N-ethyl adjacent to an activating group) is 1. The lowest BCUT2D eigenvalue weighted by Gasteiger charge is -2.26. The van der Waals surface area contributed by atoms with Crippen molar-refractivity contribution in [2.24, 2.45) is 5.92 Å². The van der Waals surface area contributed by atoms with Crippen LogP contribution in [0.15, 0.2) is 30.3 Å². The average Bonchev–Trinajstić information content (AvgIpc) is 2.68. The van der Waals surface area contributed by atoms with Crippen molar-refractivity contribution in [3.63, 3.8) is 0 Å². The van der Waals surface area contributed by atoms with E-state index in [0.29, 0.717) is 19.5 Å². The molecule has 1 rings (SSSR count). The monoisotopic (exact) mass is 448 g/mol. The van der Waals surface area contributed by atoms with Crippen molar-refractivity contribution in [1.82, 2.24) is 21.3 Å². The summed E-state index contributed by atoms with van der Waals surface area (Å²) >= 11 is 0. The molecule has 0 saturated heterocycles. The molecule has 32 heavy (non-hydrogen) atoms. The van der Waals surface area contributed by atoms with Gasteiger partial charge in [-0.1, -0.05) is 44.2 Å². The molecule has 0 aliphatic carbocycles. The Morgan fingerprint density at radius 3 is 2.12 bits per heavy atom. The van der Waals surface area contributed by atoms with E-state index in [0.717, 1.165) is 5.56 Å². The summed E-state index contributed by atoms with van der Waals surface area (Å²) in [4.78, 5) is 37.2. The van der Waals surface area contributed by atoms with Crippen LogP contribution in [-0.2, 0) is 20.7 Å². The number of benzene rings is 1. The maximum absolute atomic E-state index is 12.7. The predicted octanol–water partition coefficient (Wildman–Crippen LogP) is 2.38. The third kappa shape index (κ3) is 10.6. The minimum atomic E-state index is -0.605. The van der Waals surface area contributed by atoms with E-state index in [1.54, 1.807) is 6.92 Å². The van der Waals surface area contributed by atoms with Crippen LogP contribution in [0.2, 0.25) is 0 Å². The Morgan fingerprint density at radius 1 is 0.969 bits per heavy atom. The SMILES string of the molecule is CCNC(=O)[C@@H](NC(=O)[C@H](C)NC[C@H](Cc1ccccc1)NC(=O)OC(C)(C)C)C(C)C. The summed E-state index contributed by atoms with van der Waals surface area (Å²) in [6, 6.07) is 8.35. The topological polar surface area (TPSA) is 109 Å². The van der Waals surface area contributed by atoms with Crippen molar-refractivity contribution in [3.8, 4) is 0 Å². The van der Waals surface area contributed by atoms with E-state index in [1.165, 1.54) is 0 Å². The quantitative estimate of drug-likeness (QED) is 0.416. The fourth-order valence-corrected chi connectivity index (χ4v) is 3.06. The Balaban J connectivity index is 2.76. The summed E-state index contributed by atoms with van der Waals surface area (Å²) in [5.41, 5.74) is 0.455. The van der Waals surface area contributed by atoms with Crippen molar-refractivity contribution in [2.75, 3.05) is 13.1 Å². The smallest absolute Gasteiger partial charge is 0.407 e. The van der Waals surface area contributed by atoms with E-state index < -0.39 is 23.8 Å². The van der Waals surface area contributed by atoms with Crippen molar-refractivity contribution in [1.29, 1.82) is 0 Å². The lowest BCUT2D eigenvalue weighted by molar-refractivity contribution is -0.130. The fraction of sp³-hybridized carbons (Fsp3) is 0.625. The molecule has 0 radical (unpaired) electrons. The van der Waals surface area contributed by atoms with Crippen molar-refractivity contribution >= 4 is 17.9 Å². The molecular formula is C24H40N4O4. The molecule has 180 valence electrons. The molecule has 3 atom stereocenters. The van der Waals surface area contributed by atoms with Gasteiger partial charge in [-0.05, 0) is 52.5 Å². The summed E-state index contributed by atoms with van der Waals surface area (Å²) in [6.07, 6.45) is 0.0723. The highest BCUT2D eigenvalue weighted by Crippen LogP contribution is 2.09. The first-order valence-corrected chi connectivity index (χ1v) is 11.3. The third-order valence-corrected chi connectivity index (χ3v) is 4.71. The van der Waals surface area contributed by atoms with E-state index >= 15 is 0 Å². The van der Waals surface area contributed by atoms with Gasteiger partial charge in [-0.2, -0.15) is 0 Å². The highest BCUT2D eigenvalue weighted by atomic mass is 16.6. The minimum Gasteiger partial charge on any atom is -0.444 e. The van der Waals surface area contributed by atoms with Crippen molar-refractivity contribution < 1.29 is 19.1 Å². The van der Waals surface area contributed by atoms with Crippen LogP contribution in [0.5, 0.6) is 0 Å². The van der Waals surface area contributed by atoms with Gasteiger partial charge in [-0.15, -0.1) is 0 Å². The molecule has 0 heterocycles. The molecule has 0 aromatic heterocycles. The second-order valence-corrected chi connectivity index (χ2v) is 9.29. The van der Waals surface area contributed by atoms with Gasteiger partial charge in [0.25, 0.3) is 0 Å². The van der Waals surface area contributed by atoms with Gasteiger partial charge in [0.05, 0.1) is 6.04 Å². The molecule has 3 amide bonds. The molecule has 0 spiro atoms. The first-order chi connectivity index (χ1) is 14.9. The maximum Gasteiger partial charge on any atom is 0.407 e. The van der Waals surface area contributed by atoms with Crippen LogP contribution < -0.4 is 21.3 Å². The number of rotatable bonds is 11. The molecular weight excluding hydrogens is 408 g/mol. The molecule has 0 aliphatic rings. The van der Waals surface area contributed by atoms with Crippen molar-refractivity contribution in [3.05, 3.63) is 35.9 Å². The number of hydrogen-bond donors (Lipinski definition) is 4. The lowest BCUT2D eigenvalue weighted by atomic mass is 10.0. The summed E-state index contributed by atoms with van der Waals surface area (Å²) in [5.74, 6) is -0.514. The zero-order valence-corrected chi connectivity index (χ0v) is 20.5. The molecule has 8 heteroatoms. The molecule has 0 fully saturated rings. The Bertz CT molecular complexity index is 731. The van der Waals surface area contributed by atoms with E-state index in [4.69, 9.17) is 4.74 Å². The lowest BCUT2D eigenvalue weighted by Crippen LogP contribution is -2.55. The molecule has 0 bridgehead atoms. The largest absolute Gasteiger partial charge is 0.444 e.